The Morgan fingerprint density at radius 2 is 2.09 bits per heavy atom. The first-order valence-corrected chi connectivity index (χ1v) is 12.6. The van der Waals surface area contributed by atoms with Gasteiger partial charge in [0.1, 0.15) is 0 Å². The number of anilines is 2. The van der Waals surface area contributed by atoms with Gasteiger partial charge in [0, 0.05) is 75.2 Å². The zero-order valence-electron chi connectivity index (χ0n) is 20.5. The second-order valence-corrected chi connectivity index (χ2v) is 10.2. The summed E-state index contributed by atoms with van der Waals surface area (Å²) in [5.74, 6) is 1.53. The molecule has 0 bridgehead atoms. The van der Waals surface area contributed by atoms with Crippen LogP contribution >= 0.6 is 0 Å². The van der Waals surface area contributed by atoms with Crippen LogP contribution in [0.15, 0.2) is 23.3 Å². The second-order valence-electron chi connectivity index (χ2n) is 10.2. The zero-order chi connectivity index (χ0) is 23.4. The molecule has 0 saturated carbocycles. The van der Waals surface area contributed by atoms with Crippen LogP contribution in [0.5, 0.6) is 0 Å². The molecule has 1 fully saturated rings. The lowest BCUT2D eigenvalue weighted by molar-refractivity contribution is -0.129. The Kier molecular flexibility index (Phi) is 5.36. The Bertz CT molecular complexity index is 1150. The van der Waals surface area contributed by atoms with Crippen LogP contribution in [-0.4, -0.2) is 71.2 Å². The first-order chi connectivity index (χ1) is 16.5. The Hall–Kier alpha value is -2.87. The number of nitrogens with zero attached hydrogens (tertiary/aromatic N) is 6. The molecule has 0 radical (unpaired) electrons. The van der Waals surface area contributed by atoms with Gasteiger partial charge in [0.2, 0.25) is 5.91 Å². The normalized spacial score (nSPS) is 24.3. The number of aromatic nitrogens is 2. The average molecular weight is 463 g/mol. The minimum absolute atomic E-state index is 0.135. The summed E-state index contributed by atoms with van der Waals surface area (Å²) in [6.07, 6.45) is 4.03. The molecular weight excluding hydrogens is 428 g/mol. The molecule has 4 aliphatic rings. The zero-order valence-corrected chi connectivity index (χ0v) is 20.5. The molecule has 1 amide bonds. The van der Waals surface area contributed by atoms with Gasteiger partial charge in [-0.3, -0.25) is 14.5 Å². The van der Waals surface area contributed by atoms with Gasteiger partial charge >= 0.3 is 0 Å². The van der Waals surface area contributed by atoms with Crippen molar-refractivity contribution in [3.05, 3.63) is 40.6 Å². The number of aryl methyl sites for hydroxylation is 1. The van der Waals surface area contributed by atoms with Crippen molar-refractivity contribution >= 4 is 23.1 Å². The largest absolute Gasteiger partial charge is 0.379 e. The lowest BCUT2D eigenvalue weighted by atomic mass is 9.91. The highest BCUT2D eigenvalue weighted by atomic mass is 16.5. The Morgan fingerprint density at radius 3 is 2.82 bits per heavy atom. The summed E-state index contributed by atoms with van der Waals surface area (Å²) in [6.45, 7) is 8.61. The minimum atomic E-state index is 0.135. The standard InChI is InChI=1S/C26H34N6O2/c1-17-22(14-29(3)27-17)19-6-7-24-20(13-19)5-4-10-31(24)26-23-15-30(18(2)33)11-8-25(23)32(28-26)21-9-12-34-16-21/h6-7,13,21-22H,4-5,8-12,14-16H2,1-3H3. The smallest absolute Gasteiger partial charge is 0.219 e. The molecule has 180 valence electrons. The van der Waals surface area contributed by atoms with E-state index in [4.69, 9.17) is 9.84 Å². The molecule has 5 heterocycles. The summed E-state index contributed by atoms with van der Waals surface area (Å²) in [5.41, 5.74) is 7.68. The average Bonchev–Trinajstić information content (AvgIpc) is 3.56. The number of carbonyl (C=O) groups excluding carboxylic acids is 1. The SMILES string of the molecule is CC(=O)N1CCc2c(c(N3CCCc4cc(C5CN(C)N=C5C)ccc43)nn2C2CCOC2)C1. The number of carbonyl (C=O) groups is 1. The van der Waals surface area contributed by atoms with Gasteiger partial charge in [-0.15, -0.1) is 0 Å². The molecule has 1 saturated heterocycles. The fourth-order valence-electron chi connectivity index (χ4n) is 6.11. The highest BCUT2D eigenvalue weighted by molar-refractivity contribution is 5.90. The van der Waals surface area contributed by atoms with Crippen LogP contribution in [-0.2, 0) is 28.9 Å². The molecule has 0 aliphatic carbocycles. The van der Waals surface area contributed by atoms with Crippen LogP contribution in [0.1, 0.15) is 61.0 Å². The molecule has 8 heteroatoms. The molecule has 4 aliphatic heterocycles. The predicted molar refractivity (Wildman–Crippen MR) is 132 cm³/mol. The predicted octanol–water partition coefficient (Wildman–Crippen LogP) is 3.24. The van der Waals surface area contributed by atoms with Gasteiger partial charge in [-0.2, -0.15) is 10.2 Å². The molecule has 6 rings (SSSR count). The van der Waals surface area contributed by atoms with Gasteiger partial charge in [0.05, 0.1) is 19.2 Å². The van der Waals surface area contributed by atoms with Crippen molar-refractivity contribution in [3.63, 3.8) is 0 Å². The van der Waals surface area contributed by atoms with E-state index in [0.717, 1.165) is 64.3 Å². The monoisotopic (exact) mass is 462 g/mol. The van der Waals surface area contributed by atoms with E-state index in [9.17, 15) is 4.79 Å². The maximum atomic E-state index is 12.2. The van der Waals surface area contributed by atoms with E-state index in [2.05, 4.69) is 39.8 Å². The van der Waals surface area contributed by atoms with Crippen molar-refractivity contribution in [3.8, 4) is 0 Å². The lowest BCUT2D eigenvalue weighted by Gasteiger charge is -2.33. The van der Waals surface area contributed by atoms with Crippen LogP contribution in [0.3, 0.4) is 0 Å². The van der Waals surface area contributed by atoms with Gasteiger partial charge in [-0.25, -0.2) is 0 Å². The molecule has 34 heavy (non-hydrogen) atoms. The van der Waals surface area contributed by atoms with E-state index < -0.39 is 0 Å². The number of hydrogen-bond acceptors (Lipinski definition) is 6. The summed E-state index contributed by atoms with van der Waals surface area (Å²) in [7, 11) is 2.04. The van der Waals surface area contributed by atoms with E-state index in [1.807, 2.05) is 17.0 Å². The molecule has 1 aromatic carbocycles. The quantitative estimate of drug-likeness (QED) is 0.701. The van der Waals surface area contributed by atoms with Crippen molar-refractivity contribution in [2.75, 3.05) is 44.8 Å². The first kappa shape index (κ1) is 21.6. The van der Waals surface area contributed by atoms with Gasteiger partial charge in [-0.1, -0.05) is 12.1 Å². The maximum absolute atomic E-state index is 12.2. The van der Waals surface area contributed by atoms with E-state index in [1.165, 1.54) is 33.8 Å². The first-order valence-electron chi connectivity index (χ1n) is 12.6. The van der Waals surface area contributed by atoms with Crippen LogP contribution in [0, 0.1) is 0 Å². The summed E-state index contributed by atoms with van der Waals surface area (Å²) in [5, 5.41) is 11.9. The number of hydrazone groups is 1. The summed E-state index contributed by atoms with van der Waals surface area (Å²) in [4.78, 5) is 16.6. The number of rotatable bonds is 3. The van der Waals surface area contributed by atoms with Crippen LogP contribution < -0.4 is 4.90 Å². The number of likely N-dealkylation sites (N-methyl/N-ethyl adjacent to an activating group) is 1. The van der Waals surface area contributed by atoms with Crippen molar-refractivity contribution in [1.82, 2.24) is 19.7 Å². The second kappa shape index (κ2) is 8.41. The lowest BCUT2D eigenvalue weighted by Crippen LogP contribution is -2.35. The van der Waals surface area contributed by atoms with Crippen molar-refractivity contribution < 1.29 is 9.53 Å². The van der Waals surface area contributed by atoms with E-state index in [-0.39, 0.29) is 5.91 Å². The minimum Gasteiger partial charge on any atom is -0.379 e. The van der Waals surface area contributed by atoms with E-state index in [0.29, 0.717) is 18.5 Å². The highest BCUT2D eigenvalue weighted by Gasteiger charge is 2.34. The number of amides is 1. The van der Waals surface area contributed by atoms with Crippen molar-refractivity contribution in [2.24, 2.45) is 5.10 Å². The van der Waals surface area contributed by atoms with Gasteiger partial charge in [0.15, 0.2) is 5.82 Å². The number of hydrogen-bond donors (Lipinski definition) is 0. The number of fused-ring (bicyclic) bond motifs is 2. The Balaban J connectivity index is 1.39. The van der Waals surface area contributed by atoms with Gasteiger partial charge in [-0.05, 0) is 43.4 Å². The van der Waals surface area contributed by atoms with Crippen LogP contribution in [0.4, 0.5) is 11.5 Å². The third-order valence-corrected chi connectivity index (χ3v) is 7.92. The fourth-order valence-corrected chi connectivity index (χ4v) is 6.11. The summed E-state index contributed by atoms with van der Waals surface area (Å²) in [6, 6.07) is 7.24. The molecule has 0 spiro atoms. The van der Waals surface area contributed by atoms with Gasteiger partial charge < -0.3 is 14.5 Å². The Morgan fingerprint density at radius 1 is 1.21 bits per heavy atom. The Labute approximate surface area is 201 Å². The van der Waals surface area contributed by atoms with Crippen molar-refractivity contribution in [1.29, 1.82) is 0 Å². The number of ether oxygens (including phenoxy) is 1. The third kappa shape index (κ3) is 3.59. The summed E-state index contributed by atoms with van der Waals surface area (Å²) >= 11 is 0. The third-order valence-electron chi connectivity index (χ3n) is 7.92. The molecule has 2 unspecified atom stereocenters. The summed E-state index contributed by atoms with van der Waals surface area (Å²) < 4.78 is 7.93. The molecule has 0 N–H and O–H groups in total. The van der Waals surface area contributed by atoms with Crippen LogP contribution in [0.25, 0.3) is 0 Å². The molecular formula is C26H34N6O2. The fraction of sp³-hybridized carbons (Fsp3) is 0.577. The molecule has 8 nitrogen and oxygen atoms in total. The number of benzene rings is 1. The van der Waals surface area contributed by atoms with E-state index in [1.54, 1.807) is 6.92 Å². The topological polar surface area (TPSA) is 66.2 Å². The maximum Gasteiger partial charge on any atom is 0.219 e. The van der Waals surface area contributed by atoms with E-state index >= 15 is 0 Å². The molecule has 2 aromatic rings. The van der Waals surface area contributed by atoms with Crippen LogP contribution in [0.2, 0.25) is 0 Å². The highest BCUT2D eigenvalue weighted by Crippen LogP contribution is 2.40. The van der Waals surface area contributed by atoms with Crippen molar-refractivity contribution in [2.45, 2.75) is 58.0 Å². The molecule has 1 aromatic heterocycles. The molecule has 2 atom stereocenters. The van der Waals surface area contributed by atoms with Gasteiger partial charge in [0.25, 0.3) is 0 Å².